The number of hydrogen-bond donors (Lipinski definition) is 2. The smallest absolute Gasteiger partial charge is 0.179 e. The zero-order chi connectivity index (χ0) is 20.1. The summed E-state index contributed by atoms with van der Waals surface area (Å²) in [5.74, 6) is -1.74. The lowest BCUT2D eigenvalue weighted by molar-refractivity contribution is 0.588. The van der Waals surface area contributed by atoms with Crippen LogP contribution in [0.25, 0.3) is 39.4 Å². The average molecular weight is 412 g/mol. The van der Waals surface area contributed by atoms with Crippen LogP contribution in [-0.4, -0.2) is 31.3 Å². The first kappa shape index (κ1) is 17.6. The normalized spacial score (nSPS) is 16.0. The Balaban J connectivity index is 1.80. The molecule has 144 valence electrons. The highest BCUT2D eigenvalue weighted by molar-refractivity contribution is 6.32. The largest absolute Gasteiger partial charge is 0.370 e. The Morgan fingerprint density at radius 3 is 2.59 bits per heavy atom. The number of nitrogens with one attached hydrogen (secondary N) is 2. The molecule has 4 heterocycles. The van der Waals surface area contributed by atoms with Crippen molar-refractivity contribution in [2.45, 2.75) is 13.1 Å². The molecule has 0 saturated heterocycles. The van der Waals surface area contributed by atoms with Crippen molar-refractivity contribution in [3.05, 3.63) is 59.1 Å². The molecule has 0 fully saturated rings. The van der Waals surface area contributed by atoms with Gasteiger partial charge in [-0.05, 0) is 25.1 Å². The second-order valence-corrected chi connectivity index (χ2v) is 6.87. The summed E-state index contributed by atoms with van der Waals surface area (Å²) in [5.41, 5.74) is 1.99. The Kier molecular flexibility index (Phi) is 3.99. The Morgan fingerprint density at radius 1 is 1.07 bits per heavy atom. The van der Waals surface area contributed by atoms with E-state index in [0.29, 0.717) is 22.3 Å². The molecule has 10 heteroatoms. The van der Waals surface area contributed by atoms with Gasteiger partial charge in [0.1, 0.15) is 23.0 Å². The highest BCUT2D eigenvalue weighted by atomic mass is 35.5. The lowest BCUT2D eigenvalue weighted by Gasteiger charge is -2.07. The first-order valence-corrected chi connectivity index (χ1v) is 9.06. The zero-order valence-corrected chi connectivity index (χ0v) is 15.7. The maximum atomic E-state index is 14.4. The highest BCUT2D eigenvalue weighted by Gasteiger charge is 2.23. The standard InChI is InChI=1S/C19H12ClF2N7/c1-8-23-7-14(25-8)12-5-9-13(6-24-12)26-19(15-10(21)3-2-4-11(15)22)27-17-16(9)28-29-18(17)20/h2-8,23,25H,1H3. The predicted octanol–water partition coefficient (Wildman–Crippen LogP) is 3.36. The fourth-order valence-electron chi connectivity index (χ4n) is 3.18. The third-order valence-electron chi connectivity index (χ3n) is 4.55. The van der Waals surface area contributed by atoms with Crippen molar-refractivity contribution in [1.82, 2.24) is 35.8 Å². The summed E-state index contributed by atoms with van der Waals surface area (Å²) in [6, 6.07) is 5.31. The van der Waals surface area contributed by atoms with Gasteiger partial charge in [0.25, 0.3) is 0 Å². The van der Waals surface area contributed by atoms with Gasteiger partial charge < -0.3 is 10.6 Å². The summed E-state index contributed by atoms with van der Waals surface area (Å²) in [7, 11) is 0. The summed E-state index contributed by atoms with van der Waals surface area (Å²) in [4.78, 5) is 13.1. The molecule has 1 unspecified atom stereocenters. The molecule has 0 radical (unpaired) electrons. The third kappa shape index (κ3) is 2.90. The van der Waals surface area contributed by atoms with Crippen LogP contribution in [0, 0.1) is 11.6 Å². The van der Waals surface area contributed by atoms with Gasteiger partial charge in [-0.1, -0.05) is 17.7 Å². The van der Waals surface area contributed by atoms with Gasteiger partial charge in [0, 0.05) is 11.6 Å². The number of fused-ring (bicyclic) bond motifs is 3. The van der Waals surface area contributed by atoms with E-state index in [0.717, 1.165) is 17.8 Å². The molecule has 2 N–H and O–H groups in total. The third-order valence-corrected chi connectivity index (χ3v) is 4.81. The zero-order valence-electron chi connectivity index (χ0n) is 14.9. The SMILES string of the molecule is CC1NC=C(c2cc3c4nnc(Cl)c-4nc(-c4c(F)cccc4F)nc3cn2)N1. The van der Waals surface area contributed by atoms with Gasteiger partial charge in [-0.25, -0.2) is 18.7 Å². The topological polar surface area (TPSA) is 88.5 Å². The van der Waals surface area contributed by atoms with Crippen LogP contribution in [0.3, 0.4) is 0 Å². The van der Waals surface area contributed by atoms with Crippen molar-refractivity contribution < 1.29 is 8.78 Å². The molecule has 0 amide bonds. The van der Waals surface area contributed by atoms with Crippen LogP contribution in [0.2, 0.25) is 5.15 Å². The van der Waals surface area contributed by atoms with E-state index in [1.165, 1.54) is 12.3 Å². The molecule has 0 aliphatic carbocycles. The van der Waals surface area contributed by atoms with E-state index < -0.39 is 11.6 Å². The molecular weight excluding hydrogens is 400 g/mol. The van der Waals surface area contributed by atoms with Crippen LogP contribution in [0.5, 0.6) is 0 Å². The number of hydrogen-bond acceptors (Lipinski definition) is 7. The maximum Gasteiger partial charge on any atom is 0.179 e. The van der Waals surface area contributed by atoms with Crippen molar-refractivity contribution >= 4 is 28.2 Å². The maximum absolute atomic E-state index is 14.4. The number of halogens is 3. The molecule has 1 aromatic heterocycles. The molecule has 2 aromatic rings. The van der Waals surface area contributed by atoms with Gasteiger partial charge in [0.15, 0.2) is 11.0 Å². The lowest BCUT2D eigenvalue weighted by Crippen LogP contribution is -2.27. The Morgan fingerprint density at radius 2 is 1.86 bits per heavy atom. The van der Waals surface area contributed by atoms with Gasteiger partial charge in [-0.15, -0.1) is 10.2 Å². The van der Waals surface area contributed by atoms with E-state index >= 15 is 0 Å². The van der Waals surface area contributed by atoms with E-state index in [1.807, 2.05) is 13.1 Å². The summed E-state index contributed by atoms with van der Waals surface area (Å²) in [5, 5.41) is 14.9. The monoisotopic (exact) mass is 411 g/mol. The van der Waals surface area contributed by atoms with Crippen LogP contribution >= 0.6 is 11.6 Å². The van der Waals surface area contributed by atoms with Gasteiger partial charge in [-0.3, -0.25) is 4.98 Å². The average Bonchev–Trinajstić information content (AvgIpc) is 3.24. The minimum atomic E-state index is -0.786. The van der Waals surface area contributed by atoms with Gasteiger partial charge in [0.05, 0.1) is 34.8 Å². The minimum absolute atomic E-state index is 0.0177. The van der Waals surface area contributed by atoms with Crippen molar-refractivity contribution in [2.75, 3.05) is 0 Å². The molecular formula is C19H12ClF2N7. The minimum Gasteiger partial charge on any atom is -0.370 e. The number of rotatable bonds is 2. The number of benzene rings is 1. The Labute approximate surface area is 168 Å². The van der Waals surface area contributed by atoms with Crippen molar-refractivity contribution in [3.8, 4) is 22.8 Å². The molecule has 0 spiro atoms. The molecule has 1 atom stereocenters. The quantitative estimate of drug-likeness (QED) is 0.523. The van der Waals surface area contributed by atoms with Crippen molar-refractivity contribution in [2.24, 2.45) is 0 Å². The fraction of sp³-hybridized carbons (Fsp3) is 0.105. The van der Waals surface area contributed by atoms with E-state index in [2.05, 4.69) is 35.8 Å². The van der Waals surface area contributed by atoms with E-state index in [1.54, 1.807) is 6.07 Å². The molecule has 29 heavy (non-hydrogen) atoms. The van der Waals surface area contributed by atoms with Crippen molar-refractivity contribution in [1.29, 1.82) is 0 Å². The number of aromatic nitrogens is 5. The molecule has 3 aliphatic heterocycles. The number of pyridine rings is 1. The van der Waals surface area contributed by atoms with Crippen LogP contribution in [0.15, 0.2) is 36.7 Å². The summed E-state index contributed by atoms with van der Waals surface area (Å²) in [6.45, 7) is 1.96. The number of nitrogens with zero attached hydrogens (tertiary/aromatic N) is 5. The molecule has 1 aromatic carbocycles. The molecule has 3 aliphatic rings. The van der Waals surface area contributed by atoms with Gasteiger partial charge in [-0.2, -0.15) is 0 Å². The van der Waals surface area contributed by atoms with Crippen LogP contribution < -0.4 is 10.6 Å². The summed E-state index contributed by atoms with van der Waals surface area (Å²) >= 11 is 6.16. The molecule has 5 rings (SSSR count). The highest BCUT2D eigenvalue weighted by Crippen LogP contribution is 2.34. The Hall–Kier alpha value is -3.46. The van der Waals surface area contributed by atoms with Crippen LogP contribution in [0.4, 0.5) is 8.78 Å². The first-order chi connectivity index (χ1) is 14.0. The summed E-state index contributed by atoms with van der Waals surface area (Å²) < 4.78 is 28.7. The van der Waals surface area contributed by atoms with Gasteiger partial charge >= 0.3 is 0 Å². The van der Waals surface area contributed by atoms with Crippen LogP contribution in [0.1, 0.15) is 12.6 Å². The molecule has 0 bridgehead atoms. The molecule has 7 nitrogen and oxygen atoms in total. The lowest BCUT2D eigenvalue weighted by atomic mass is 10.1. The fourth-order valence-corrected chi connectivity index (χ4v) is 3.35. The Bertz CT molecular complexity index is 1260. The predicted molar refractivity (Wildman–Crippen MR) is 104 cm³/mol. The van der Waals surface area contributed by atoms with E-state index in [9.17, 15) is 8.78 Å². The van der Waals surface area contributed by atoms with E-state index in [4.69, 9.17) is 11.6 Å². The first-order valence-electron chi connectivity index (χ1n) is 8.68. The second-order valence-electron chi connectivity index (χ2n) is 6.51. The van der Waals surface area contributed by atoms with Crippen molar-refractivity contribution in [3.63, 3.8) is 0 Å². The summed E-state index contributed by atoms with van der Waals surface area (Å²) in [6.07, 6.45) is 3.38. The van der Waals surface area contributed by atoms with Crippen LogP contribution in [-0.2, 0) is 0 Å². The van der Waals surface area contributed by atoms with Gasteiger partial charge in [0.2, 0.25) is 0 Å². The molecule has 0 saturated carbocycles. The second kappa shape index (κ2) is 6.56. The van der Waals surface area contributed by atoms with E-state index in [-0.39, 0.29) is 28.4 Å².